The highest BCUT2D eigenvalue weighted by Crippen LogP contribution is 2.50. The molecule has 1 aromatic heterocycles. The Labute approximate surface area is 148 Å². The minimum atomic E-state index is -0.928. The van der Waals surface area contributed by atoms with Gasteiger partial charge in [0, 0.05) is 24.9 Å². The molecule has 0 bridgehead atoms. The summed E-state index contributed by atoms with van der Waals surface area (Å²) in [5, 5.41) is 12.4. The van der Waals surface area contributed by atoms with E-state index in [0.29, 0.717) is 18.2 Å². The number of hydrogen-bond donors (Lipinski definition) is 2. The van der Waals surface area contributed by atoms with Gasteiger partial charge < -0.3 is 10.5 Å². The third-order valence-corrected chi connectivity index (χ3v) is 5.57. The molecular weight excluding hydrogens is 336 g/mol. The zero-order valence-electron chi connectivity index (χ0n) is 14.2. The number of unbranched alkanes of at least 4 members (excludes halogenated alkanes) is 1. The van der Waals surface area contributed by atoms with Crippen LogP contribution in [0.2, 0.25) is 0 Å². The molecule has 1 fully saturated rings. The first-order valence-corrected chi connectivity index (χ1v) is 8.71. The number of rotatable bonds is 7. The first-order valence-electron chi connectivity index (χ1n) is 7.89. The van der Waals surface area contributed by atoms with Crippen molar-refractivity contribution < 1.29 is 9.53 Å². The highest BCUT2D eigenvalue weighted by Gasteiger charge is 2.63. The Kier molecular flexibility index (Phi) is 6.95. The maximum Gasteiger partial charge on any atom is 0.247 e. The molecule has 132 valence electrons. The maximum atomic E-state index is 12.6. The number of carbonyl (C=O) groups excluding carboxylic acids is 1. The predicted octanol–water partition coefficient (Wildman–Crippen LogP) is 2.77. The minimum Gasteiger partial charge on any atom is -0.378 e. The largest absolute Gasteiger partial charge is 0.378 e. The van der Waals surface area contributed by atoms with Gasteiger partial charge in [0.05, 0.1) is 6.10 Å². The second-order valence-electron chi connectivity index (χ2n) is 6.40. The molecule has 0 saturated heterocycles. The SMILES string of the molecule is CCCCc1nnc(NC(=O)C2(N)CC(OCC)C2(C)C)s1.Cl. The van der Waals surface area contributed by atoms with Crippen molar-refractivity contribution >= 4 is 34.8 Å². The first kappa shape index (κ1) is 20.3. The molecule has 1 saturated carbocycles. The van der Waals surface area contributed by atoms with Crippen LogP contribution >= 0.6 is 23.7 Å². The van der Waals surface area contributed by atoms with Gasteiger partial charge in [-0.3, -0.25) is 10.1 Å². The number of aromatic nitrogens is 2. The first-order chi connectivity index (χ1) is 10.3. The van der Waals surface area contributed by atoms with Crippen molar-refractivity contribution in [1.29, 1.82) is 0 Å². The number of nitrogens with one attached hydrogen (secondary N) is 1. The van der Waals surface area contributed by atoms with Crippen LogP contribution in [0.4, 0.5) is 5.13 Å². The number of ether oxygens (including phenoxy) is 1. The summed E-state index contributed by atoms with van der Waals surface area (Å²) in [5.41, 5.74) is 5.02. The van der Waals surface area contributed by atoms with Gasteiger partial charge >= 0.3 is 0 Å². The summed E-state index contributed by atoms with van der Waals surface area (Å²) in [4.78, 5) is 12.6. The van der Waals surface area contributed by atoms with Crippen LogP contribution in [-0.4, -0.2) is 34.4 Å². The van der Waals surface area contributed by atoms with Gasteiger partial charge in [0.1, 0.15) is 10.5 Å². The van der Waals surface area contributed by atoms with Crippen molar-refractivity contribution in [3.05, 3.63) is 5.01 Å². The standard InChI is InChI=1S/C15H26N4O2S.ClH/c1-5-7-8-11-18-19-13(22-11)17-12(20)15(16)9-10(21-6-2)14(15,3)4;/h10H,5-9,16H2,1-4H3,(H,17,19,20);1H. The van der Waals surface area contributed by atoms with E-state index in [2.05, 4.69) is 22.4 Å². The van der Waals surface area contributed by atoms with Crippen molar-refractivity contribution in [3.63, 3.8) is 0 Å². The van der Waals surface area contributed by atoms with Crippen LogP contribution in [0, 0.1) is 5.41 Å². The quantitative estimate of drug-likeness (QED) is 0.778. The Morgan fingerprint density at radius 2 is 2.13 bits per heavy atom. The molecule has 1 aliphatic rings. The number of halogens is 1. The number of nitrogens with two attached hydrogens (primary N) is 1. The van der Waals surface area contributed by atoms with Crippen molar-refractivity contribution in [2.24, 2.45) is 11.1 Å². The molecule has 1 heterocycles. The molecule has 2 rings (SSSR count). The highest BCUT2D eigenvalue weighted by atomic mass is 35.5. The van der Waals surface area contributed by atoms with E-state index >= 15 is 0 Å². The van der Waals surface area contributed by atoms with E-state index in [1.165, 1.54) is 11.3 Å². The van der Waals surface area contributed by atoms with Gasteiger partial charge in [-0.05, 0) is 13.3 Å². The van der Waals surface area contributed by atoms with E-state index in [4.69, 9.17) is 10.5 Å². The fourth-order valence-electron chi connectivity index (χ4n) is 2.76. The number of aryl methyl sites for hydroxylation is 1. The number of carbonyl (C=O) groups is 1. The van der Waals surface area contributed by atoms with Crippen LogP contribution in [0.25, 0.3) is 0 Å². The summed E-state index contributed by atoms with van der Waals surface area (Å²) in [5.74, 6) is -0.202. The van der Waals surface area contributed by atoms with Crippen LogP contribution in [0.15, 0.2) is 0 Å². The summed E-state index contributed by atoms with van der Waals surface area (Å²) in [6.45, 7) is 8.66. The van der Waals surface area contributed by atoms with Crippen LogP contribution in [-0.2, 0) is 16.0 Å². The fourth-order valence-corrected chi connectivity index (χ4v) is 3.54. The Bertz CT molecular complexity index is 537. The number of amides is 1. The second kappa shape index (κ2) is 7.88. The molecule has 1 aromatic rings. The van der Waals surface area contributed by atoms with E-state index in [-0.39, 0.29) is 24.4 Å². The van der Waals surface area contributed by atoms with Crippen molar-refractivity contribution in [2.75, 3.05) is 11.9 Å². The van der Waals surface area contributed by atoms with Gasteiger partial charge in [-0.25, -0.2) is 0 Å². The van der Waals surface area contributed by atoms with Crippen LogP contribution < -0.4 is 11.1 Å². The Hall–Kier alpha value is -0.760. The Morgan fingerprint density at radius 1 is 1.43 bits per heavy atom. The molecule has 0 aromatic carbocycles. The van der Waals surface area contributed by atoms with Gasteiger partial charge in [0.15, 0.2) is 0 Å². The molecule has 0 aliphatic heterocycles. The van der Waals surface area contributed by atoms with E-state index in [9.17, 15) is 4.79 Å². The predicted molar refractivity (Wildman–Crippen MR) is 95.1 cm³/mol. The van der Waals surface area contributed by atoms with Crippen LogP contribution in [0.5, 0.6) is 0 Å². The molecule has 0 spiro atoms. The van der Waals surface area contributed by atoms with Crippen molar-refractivity contribution in [2.45, 2.75) is 65.0 Å². The molecule has 2 atom stereocenters. The lowest BCUT2D eigenvalue weighted by atomic mass is 9.54. The zero-order valence-corrected chi connectivity index (χ0v) is 15.9. The van der Waals surface area contributed by atoms with Crippen molar-refractivity contribution in [3.8, 4) is 0 Å². The third kappa shape index (κ3) is 3.84. The van der Waals surface area contributed by atoms with Gasteiger partial charge in [-0.15, -0.1) is 22.6 Å². The highest BCUT2D eigenvalue weighted by molar-refractivity contribution is 7.15. The van der Waals surface area contributed by atoms with Crippen molar-refractivity contribution in [1.82, 2.24) is 10.2 Å². The van der Waals surface area contributed by atoms with E-state index in [1.807, 2.05) is 20.8 Å². The number of nitrogens with zero attached hydrogens (tertiary/aromatic N) is 2. The topological polar surface area (TPSA) is 90.1 Å². The summed E-state index contributed by atoms with van der Waals surface area (Å²) < 4.78 is 5.65. The van der Waals surface area contributed by atoms with Crippen LogP contribution in [0.1, 0.15) is 52.0 Å². The van der Waals surface area contributed by atoms with E-state index in [0.717, 1.165) is 24.3 Å². The lowest BCUT2D eigenvalue weighted by molar-refractivity contribution is -0.166. The number of hydrogen-bond acceptors (Lipinski definition) is 6. The second-order valence-corrected chi connectivity index (χ2v) is 7.46. The van der Waals surface area contributed by atoms with Gasteiger partial charge in [-0.2, -0.15) is 0 Å². The summed E-state index contributed by atoms with van der Waals surface area (Å²) in [6, 6.07) is 0. The molecule has 0 radical (unpaired) electrons. The molecule has 1 aliphatic carbocycles. The van der Waals surface area contributed by atoms with Gasteiger partial charge in [0.2, 0.25) is 11.0 Å². The monoisotopic (exact) mass is 362 g/mol. The average Bonchev–Trinajstić information content (AvgIpc) is 2.92. The lowest BCUT2D eigenvalue weighted by Crippen LogP contribution is -2.74. The lowest BCUT2D eigenvalue weighted by Gasteiger charge is -2.57. The summed E-state index contributed by atoms with van der Waals surface area (Å²) >= 11 is 1.42. The van der Waals surface area contributed by atoms with E-state index < -0.39 is 11.0 Å². The summed E-state index contributed by atoms with van der Waals surface area (Å²) in [6.07, 6.45) is 3.63. The zero-order chi connectivity index (χ0) is 16.4. The van der Waals surface area contributed by atoms with Gasteiger partial charge in [-0.1, -0.05) is 38.5 Å². The molecule has 1 amide bonds. The molecule has 8 heteroatoms. The molecule has 23 heavy (non-hydrogen) atoms. The van der Waals surface area contributed by atoms with Crippen LogP contribution in [0.3, 0.4) is 0 Å². The molecule has 6 nitrogen and oxygen atoms in total. The Balaban J connectivity index is 0.00000264. The molecule has 3 N–H and O–H groups in total. The smallest absolute Gasteiger partial charge is 0.247 e. The minimum absolute atomic E-state index is 0. The maximum absolute atomic E-state index is 12.6. The fraction of sp³-hybridized carbons (Fsp3) is 0.800. The number of anilines is 1. The third-order valence-electron chi connectivity index (χ3n) is 4.67. The normalized spacial score (nSPS) is 25.3. The van der Waals surface area contributed by atoms with Gasteiger partial charge in [0.25, 0.3) is 0 Å². The Morgan fingerprint density at radius 3 is 2.70 bits per heavy atom. The summed E-state index contributed by atoms with van der Waals surface area (Å²) in [7, 11) is 0. The average molecular weight is 363 g/mol. The van der Waals surface area contributed by atoms with E-state index in [1.54, 1.807) is 0 Å². The molecule has 2 unspecified atom stereocenters. The molecular formula is C15H27ClN4O2S.